The summed E-state index contributed by atoms with van der Waals surface area (Å²) in [5, 5.41) is 0. The molecule has 0 saturated heterocycles. The van der Waals surface area contributed by atoms with Crippen LogP contribution in [0.3, 0.4) is 0 Å². The molecule has 0 heterocycles. The van der Waals surface area contributed by atoms with Gasteiger partial charge in [0.25, 0.3) is 6.47 Å². The SMILES string of the molecule is O=COCC1CC=CC1. The van der Waals surface area contributed by atoms with Crippen molar-refractivity contribution < 1.29 is 9.53 Å². The number of hydrogen-bond acceptors (Lipinski definition) is 2. The van der Waals surface area contributed by atoms with E-state index >= 15 is 0 Å². The van der Waals surface area contributed by atoms with Crippen LogP contribution >= 0.6 is 0 Å². The predicted octanol–water partition coefficient (Wildman–Crippen LogP) is 1.13. The molecule has 0 spiro atoms. The molecular formula is C7H10O2. The zero-order valence-corrected chi connectivity index (χ0v) is 5.25. The van der Waals surface area contributed by atoms with Crippen molar-refractivity contribution in [3.05, 3.63) is 12.2 Å². The molecule has 1 aliphatic carbocycles. The first-order valence-electron chi connectivity index (χ1n) is 3.13. The zero-order valence-electron chi connectivity index (χ0n) is 5.25. The highest BCUT2D eigenvalue weighted by Crippen LogP contribution is 2.16. The van der Waals surface area contributed by atoms with E-state index in [2.05, 4.69) is 16.9 Å². The molecule has 0 amide bonds. The number of ether oxygens (including phenoxy) is 1. The van der Waals surface area contributed by atoms with Crippen LogP contribution in [0.15, 0.2) is 12.2 Å². The van der Waals surface area contributed by atoms with Crippen LogP contribution < -0.4 is 0 Å². The third-order valence-electron chi connectivity index (χ3n) is 1.51. The average Bonchev–Trinajstić information content (AvgIpc) is 2.34. The second-order valence-electron chi connectivity index (χ2n) is 2.24. The lowest BCUT2D eigenvalue weighted by atomic mass is 10.1. The van der Waals surface area contributed by atoms with Crippen molar-refractivity contribution in [2.24, 2.45) is 5.92 Å². The summed E-state index contributed by atoms with van der Waals surface area (Å²) in [5.41, 5.74) is 0. The molecule has 0 fully saturated rings. The summed E-state index contributed by atoms with van der Waals surface area (Å²) in [5.74, 6) is 0.551. The normalized spacial score (nSPS) is 18.2. The molecule has 0 aromatic rings. The van der Waals surface area contributed by atoms with E-state index in [-0.39, 0.29) is 0 Å². The van der Waals surface area contributed by atoms with Gasteiger partial charge in [-0.25, -0.2) is 0 Å². The minimum absolute atomic E-state index is 0.512. The summed E-state index contributed by atoms with van der Waals surface area (Å²) >= 11 is 0. The molecule has 0 aromatic heterocycles. The van der Waals surface area contributed by atoms with Crippen LogP contribution in [-0.2, 0) is 9.53 Å². The van der Waals surface area contributed by atoms with Gasteiger partial charge in [0.1, 0.15) is 0 Å². The van der Waals surface area contributed by atoms with E-state index in [0.29, 0.717) is 19.0 Å². The Kier molecular flexibility index (Phi) is 2.31. The van der Waals surface area contributed by atoms with Crippen LogP contribution in [0.1, 0.15) is 12.8 Å². The van der Waals surface area contributed by atoms with Gasteiger partial charge < -0.3 is 4.74 Å². The standard InChI is InChI=1S/C7H10O2/c8-6-9-5-7-3-1-2-4-7/h1-2,6-7H,3-5H2. The zero-order chi connectivity index (χ0) is 6.53. The largest absolute Gasteiger partial charge is 0.468 e. The summed E-state index contributed by atoms with van der Waals surface area (Å²) in [6.45, 7) is 1.09. The van der Waals surface area contributed by atoms with E-state index in [9.17, 15) is 4.79 Å². The molecule has 0 radical (unpaired) electrons. The molecule has 0 aliphatic heterocycles. The molecule has 2 heteroatoms. The first-order valence-corrected chi connectivity index (χ1v) is 3.13. The minimum atomic E-state index is 0.512. The Labute approximate surface area is 54.5 Å². The molecule has 0 N–H and O–H groups in total. The second kappa shape index (κ2) is 3.28. The van der Waals surface area contributed by atoms with Crippen LogP contribution in [0.4, 0.5) is 0 Å². The fourth-order valence-corrected chi connectivity index (χ4v) is 0.985. The molecule has 50 valence electrons. The van der Waals surface area contributed by atoms with Gasteiger partial charge in [-0.2, -0.15) is 0 Å². The van der Waals surface area contributed by atoms with E-state index < -0.39 is 0 Å². The van der Waals surface area contributed by atoms with Gasteiger partial charge in [0, 0.05) is 0 Å². The van der Waals surface area contributed by atoms with Gasteiger partial charge in [-0.05, 0) is 18.8 Å². The fraction of sp³-hybridized carbons (Fsp3) is 0.571. The Hall–Kier alpha value is -0.790. The van der Waals surface area contributed by atoms with Crippen molar-refractivity contribution in [1.82, 2.24) is 0 Å². The monoisotopic (exact) mass is 126 g/mol. The lowest BCUT2D eigenvalue weighted by Crippen LogP contribution is -2.03. The summed E-state index contributed by atoms with van der Waals surface area (Å²) in [6, 6.07) is 0. The summed E-state index contributed by atoms with van der Waals surface area (Å²) in [6.07, 6.45) is 6.37. The van der Waals surface area contributed by atoms with Crippen molar-refractivity contribution in [3.63, 3.8) is 0 Å². The highest BCUT2D eigenvalue weighted by Gasteiger charge is 2.09. The maximum Gasteiger partial charge on any atom is 0.293 e. The summed E-state index contributed by atoms with van der Waals surface area (Å²) in [4.78, 5) is 9.72. The molecule has 1 aliphatic rings. The summed E-state index contributed by atoms with van der Waals surface area (Å²) in [7, 11) is 0. The Balaban J connectivity index is 2.07. The van der Waals surface area contributed by atoms with Gasteiger partial charge in [-0.1, -0.05) is 12.2 Å². The van der Waals surface area contributed by atoms with Crippen LogP contribution in [-0.4, -0.2) is 13.1 Å². The smallest absolute Gasteiger partial charge is 0.293 e. The van der Waals surface area contributed by atoms with Crippen LogP contribution in [0.25, 0.3) is 0 Å². The Morgan fingerprint density at radius 1 is 1.56 bits per heavy atom. The number of rotatable bonds is 3. The third kappa shape index (κ3) is 1.88. The van der Waals surface area contributed by atoms with Crippen molar-refractivity contribution >= 4 is 6.47 Å². The van der Waals surface area contributed by atoms with E-state index in [4.69, 9.17) is 0 Å². The number of allylic oxidation sites excluding steroid dienone is 2. The van der Waals surface area contributed by atoms with E-state index in [0.717, 1.165) is 12.8 Å². The molecule has 0 bridgehead atoms. The molecule has 0 aromatic carbocycles. The maximum absolute atomic E-state index is 9.72. The number of carbonyl (C=O) groups excluding carboxylic acids is 1. The van der Waals surface area contributed by atoms with Crippen LogP contribution in [0, 0.1) is 5.92 Å². The number of carbonyl (C=O) groups is 1. The highest BCUT2D eigenvalue weighted by atomic mass is 16.5. The van der Waals surface area contributed by atoms with E-state index in [1.807, 2.05) is 0 Å². The van der Waals surface area contributed by atoms with Crippen LogP contribution in [0.5, 0.6) is 0 Å². The first-order chi connectivity index (χ1) is 4.43. The van der Waals surface area contributed by atoms with Gasteiger partial charge in [0.15, 0.2) is 0 Å². The lowest BCUT2D eigenvalue weighted by Gasteiger charge is -2.04. The van der Waals surface area contributed by atoms with Gasteiger partial charge in [-0.15, -0.1) is 0 Å². The minimum Gasteiger partial charge on any atom is -0.468 e. The van der Waals surface area contributed by atoms with Crippen LogP contribution in [0.2, 0.25) is 0 Å². The van der Waals surface area contributed by atoms with Gasteiger partial charge in [-0.3, -0.25) is 4.79 Å². The Morgan fingerprint density at radius 3 is 2.78 bits per heavy atom. The maximum atomic E-state index is 9.72. The van der Waals surface area contributed by atoms with Crippen molar-refractivity contribution in [2.45, 2.75) is 12.8 Å². The van der Waals surface area contributed by atoms with Gasteiger partial charge in [0.05, 0.1) is 6.61 Å². The van der Waals surface area contributed by atoms with Gasteiger partial charge in [0.2, 0.25) is 0 Å². The average molecular weight is 126 g/mol. The van der Waals surface area contributed by atoms with Crippen molar-refractivity contribution in [2.75, 3.05) is 6.61 Å². The second-order valence-corrected chi connectivity index (χ2v) is 2.24. The van der Waals surface area contributed by atoms with Gasteiger partial charge >= 0.3 is 0 Å². The lowest BCUT2D eigenvalue weighted by molar-refractivity contribution is -0.129. The first kappa shape index (κ1) is 6.33. The molecule has 1 rings (SSSR count). The molecule has 0 atom stereocenters. The predicted molar refractivity (Wildman–Crippen MR) is 33.9 cm³/mol. The number of hydrogen-bond donors (Lipinski definition) is 0. The summed E-state index contributed by atoms with van der Waals surface area (Å²) < 4.78 is 4.60. The topological polar surface area (TPSA) is 26.3 Å². The molecule has 0 unspecified atom stereocenters. The highest BCUT2D eigenvalue weighted by molar-refractivity contribution is 5.36. The van der Waals surface area contributed by atoms with Crippen molar-refractivity contribution in [1.29, 1.82) is 0 Å². The molecule has 9 heavy (non-hydrogen) atoms. The quantitative estimate of drug-likeness (QED) is 0.418. The van der Waals surface area contributed by atoms with E-state index in [1.165, 1.54) is 0 Å². The third-order valence-corrected chi connectivity index (χ3v) is 1.51. The Morgan fingerprint density at radius 2 is 2.22 bits per heavy atom. The van der Waals surface area contributed by atoms with Crippen molar-refractivity contribution in [3.8, 4) is 0 Å². The fourth-order valence-electron chi connectivity index (χ4n) is 0.985. The molecule has 2 nitrogen and oxygen atoms in total. The Bertz CT molecular complexity index is 110. The molecular weight excluding hydrogens is 116 g/mol. The molecule has 0 saturated carbocycles. The van der Waals surface area contributed by atoms with E-state index in [1.54, 1.807) is 0 Å².